The molecule has 0 saturated heterocycles. The van der Waals surface area contributed by atoms with Crippen LogP contribution >= 0.6 is 15.9 Å². The molecule has 54 heavy (non-hydrogen) atoms. The van der Waals surface area contributed by atoms with E-state index in [4.69, 9.17) is 14.9 Å². The van der Waals surface area contributed by atoms with Crippen LogP contribution in [0.2, 0.25) is 0 Å². The van der Waals surface area contributed by atoms with Crippen molar-refractivity contribution in [3.63, 3.8) is 0 Å². The number of para-hydroxylation sites is 2. The van der Waals surface area contributed by atoms with E-state index in [0.29, 0.717) is 45.4 Å². The van der Waals surface area contributed by atoms with E-state index in [9.17, 15) is 9.59 Å². The number of rotatable bonds is 10. The van der Waals surface area contributed by atoms with Crippen LogP contribution in [-0.4, -0.2) is 31.4 Å². The van der Waals surface area contributed by atoms with Crippen molar-refractivity contribution in [2.45, 2.75) is 0 Å². The Morgan fingerprint density at radius 2 is 0.907 bits per heavy atom. The van der Waals surface area contributed by atoms with E-state index >= 15 is 0 Å². The zero-order valence-corrected chi connectivity index (χ0v) is 30.2. The molecule has 10 heteroatoms. The van der Waals surface area contributed by atoms with Gasteiger partial charge in [-0.05, 0) is 54.6 Å². The third-order valence-electron chi connectivity index (χ3n) is 8.53. The predicted octanol–water partition coefficient (Wildman–Crippen LogP) is 10.5. The first-order valence-corrected chi connectivity index (χ1v) is 17.9. The van der Waals surface area contributed by atoms with E-state index in [2.05, 4.69) is 26.6 Å². The molecule has 9 nitrogen and oxygen atoms in total. The molecule has 0 saturated carbocycles. The van der Waals surface area contributed by atoms with Gasteiger partial charge in [-0.2, -0.15) is 10.2 Å². The smallest absolute Gasteiger partial charge is 0.259 e. The third kappa shape index (κ3) is 7.59. The average Bonchev–Trinajstić information content (AvgIpc) is 3.87. The van der Waals surface area contributed by atoms with Gasteiger partial charge < -0.3 is 15.4 Å². The lowest BCUT2D eigenvalue weighted by Crippen LogP contribution is -2.15. The van der Waals surface area contributed by atoms with E-state index in [1.807, 2.05) is 146 Å². The Hall–Kier alpha value is -7.04. The van der Waals surface area contributed by atoms with Crippen molar-refractivity contribution in [1.29, 1.82) is 0 Å². The minimum absolute atomic E-state index is 0.371. The molecule has 0 bridgehead atoms. The van der Waals surface area contributed by atoms with Crippen LogP contribution in [0.5, 0.6) is 11.5 Å². The Labute approximate surface area is 319 Å². The van der Waals surface area contributed by atoms with Gasteiger partial charge in [0.1, 0.15) is 22.9 Å². The number of benzene rings is 6. The number of ether oxygens (including phenoxy) is 1. The van der Waals surface area contributed by atoms with Crippen molar-refractivity contribution < 1.29 is 14.3 Å². The lowest BCUT2D eigenvalue weighted by atomic mass is 10.1. The van der Waals surface area contributed by atoms with Gasteiger partial charge in [0.05, 0.1) is 22.5 Å². The number of carbonyl (C=O) groups excluding carboxylic acids is 2. The van der Waals surface area contributed by atoms with Crippen molar-refractivity contribution in [1.82, 2.24) is 19.6 Å². The fourth-order valence-corrected chi connectivity index (χ4v) is 6.23. The zero-order chi connectivity index (χ0) is 36.9. The van der Waals surface area contributed by atoms with Gasteiger partial charge in [0, 0.05) is 51.5 Å². The monoisotopic (exact) mass is 770 g/mol. The molecule has 6 aromatic carbocycles. The Bertz CT molecular complexity index is 2400. The summed E-state index contributed by atoms with van der Waals surface area (Å²) in [6, 6.07) is 50.8. The van der Waals surface area contributed by atoms with Crippen LogP contribution in [0.25, 0.3) is 33.9 Å². The normalized spacial score (nSPS) is 10.8. The van der Waals surface area contributed by atoms with Gasteiger partial charge >= 0.3 is 0 Å². The number of hydrogen-bond acceptors (Lipinski definition) is 5. The summed E-state index contributed by atoms with van der Waals surface area (Å²) in [5, 5.41) is 15.7. The van der Waals surface area contributed by atoms with Gasteiger partial charge in [-0.1, -0.05) is 113 Å². The summed E-state index contributed by atoms with van der Waals surface area (Å²) >= 11 is 3.47. The van der Waals surface area contributed by atoms with Crippen molar-refractivity contribution in [3.05, 3.63) is 192 Å². The molecule has 0 fully saturated rings. The number of hydrogen-bond donors (Lipinski definition) is 2. The summed E-state index contributed by atoms with van der Waals surface area (Å²) in [5.74, 6) is 0.205. The first-order chi connectivity index (χ1) is 26.5. The summed E-state index contributed by atoms with van der Waals surface area (Å²) in [6.07, 6.45) is 3.43. The fourth-order valence-electron chi connectivity index (χ4n) is 5.96. The number of nitrogens with one attached hydrogen (secondary N) is 2. The van der Waals surface area contributed by atoms with Crippen LogP contribution in [-0.2, 0) is 0 Å². The largest absolute Gasteiger partial charge is 0.457 e. The second kappa shape index (κ2) is 15.3. The SMILES string of the molecule is O=C(Nc1cc(NC(=O)c2cn(-c3ccccc3)nc2-c2ccccc2)cc(Oc2ccc(Br)cc2)c1)c1cn(-c2ccccc2)nc1-c1ccccc1. The van der Waals surface area contributed by atoms with Crippen molar-refractivity contribution in [2.75, 3.05) is 10.6 Å². The molecule has 0 radical (unpaired) electrons. The summed E-state index contributed by atoms with van der Waals surface area (Å²) in [6.45, 7) is 0. The van der Waals surface area contributed by atoms with Crippen molar-refractivity contribution >= 4 is 39.1 Å². The average molecular weight is 772 g/mol. The number of halogens is 1. The summed E-state index contributed by atoms with van der Waals surface area (Å²) < 4.78 is 10.5. The Kier molecular flexibility index (Phi) is 9.64. The lowest BCUT2D eigenvalue weighted by molar-refractivity contribution is 0.102. The summed E-state index contributed by atoms with van der Waals surface area (Å²) in [7, 11) is 0. The van der Waals surface area contributed by atoms with Crippen LogP contribution in [0.1, 0.15) is 20.7 Å². The second-order valence-electron chi connectivity index (χ2n) is 12.3. The first kappa shape index (κ1) is 34.1. The molecule has 2 amide bonds. The minimum atomic E-state index is -0.385. The third-order valence-corrected chi connectivity index (χ3v) is 9.05. The molecule has 0 aliphatic heterocycles. The number of amides is 2. The fraction of sp³-hybridized carbons (Fsp3) is 0. The van der Waals surface area contributed by atoms with E-state index in [1.54, 1.807) is 40.0 Å². The molecule has 0 aliphatic rings. The maximum atomic E-state index is 14.1. The van der Waals surface area contributed by atoms with Gasteiger partial charge in [-0.25, -0.2) is 9.36 Å². The molecule has 0 spiro atoms. The number of aromatic nitrogens is 4. The van der Waals surface area contributed by atoms with E-state index < -0.39 is 0 Å². The van der Waals surface area contributed by atoms with E-state index in [0.717, 1.165) is 27.0 Å². The molecule has 2 N–H and O–H groups in total. The Morgan fingerprint density at radius 1 is 0.500 bits per heavy atom. The van der Waals surface area contributed by atoms with Crippen LogP contribution in [0, 0.1) is 0 Å². The maximum absolute atomic E-state index is 14.1. The van der Waals surface area contributed by atoms with Gasteiger partial charge in [0.25, 0.3) is 11.8 Å². The highest BCUT2D eigenvalue weighted by Crippen LogP contribution is 2.32. The highest BCUT2D eigenvalue weighted by molar-refractivity contribution is 9.10. The topological polar surface area (TPSA) is 103 Å². The van der Waals surface area contributed by atoms with Crippen molar-refractivity contribution in [3.8, 4) is 45.4 Å². The highest BCUT2D eigenvalue weighted by Gasteiger charge is 2.22. The molecule has 2 aromatic heterocycles. The molecule has 2 heterocycles. The Balaban J connectivity index is 1.15. The minimum Gasteiger partial charge on any atom is -0.457 e. The van der Waals surface area contributed by atoms with E-state index in [1.165, 1.54) is 0 Å². The summed E-state index contributed by atoms with van der Waals surface area (Å²) in [4.78, 5) is 28.3. The van der Waals surface area contributed by atoms with Crippen LogP contribution < -0.4 is 15.4 Å². The van der Waals surface area contributed by atoms with E-state index in [-0.39, 0.29) is 11.8 Å². The van der Waals surface area contributed by atoms with Gasteiger partial charge in [0.15, 0.2) is 0 Å². The number of carbonyl (C=O) groups is 2. The Morgan fingerprint density at radius 3 is 1.33 bits per heavy atom. The second-order valence-corrected chi connectivity index (χ2v) is 13.2. The zero-order valence-electron chi connectivity index (χ0n) is 28.6. The molecule has 0 unspecified atom stereocenters. The standard InChI is InChI=1S/C44H31BrN6O3/c45-32-21-23-37(24-22-32)54-38-26-33(46-43(52)39-28-50(35-17-9-3-10-18-35)48-41(39)30-13-5-1-6-14-30)25-34(27-38)47-44(53)40-29-51(36-19-11-4-12-20-36)49-42(40)31-15-7-2-8-16-31/h1-29H,(H,46,52)(H,47,53). The van der Waals surface area contributed by atoms with Crippen LogP contribution in [0.4, 0.5) is 11.4 Å². The molecule has 0 aliphatic carbocycles. The predicted molar refractivity (Wildman–Crippen MR) is 215 cm³/mol. The molecule has 8 rings (SSSR count). The molecule has 0 atom stereocenters. The molecular weight excluding hydrogens is 740 g/mol. The van der Waals surface area contributed by atoms with Crippen molar-refractivity contribution in [2.24, 2.45) is 0 Å². The quantitative estimate of drug-likeness (QED) is 0.144. The molecular formula is C44H31BrN6O3. The van der Waals surface area contributed by atoms with Crippen LogP contribution in [0.3, 0.4) is 0 Å². The summed E-state index contributed by atoms with van der Waals surface area (Å²) in [5.41, 5.74) is 5.81. The van der Waals surface area contributed by atoms with Crippen LogP contribution in [0.15, 0.2) is 181 Å². The molecule has 8 aromatic rings. The lowest BCUT2D eigenvalue weighted by Gasteiger charge is -2.13. The van der Waals surface area contributed by atoms with Gasteiger partial charge in [-0.15, -0.1) is 0 Å². The highest BCUT2D eigenvalue weighted by atomic mass is 79.9. The maximum Gasteiger partial charge on any atom is 0.259 e. The first-order valence-electron chi connectivity index (χ1n) is 17.1. The van der Waals surface area contributed by atoms with Gasteiger partial charge in [-0.3, -0.25) is 9.59 Å². The van der Waals surface area contributed by atoms with Gasteiger partial charge in [0.2, 0.25) is 0 Å². The molecule has 262 valence electrons. The number of nitrogens with zero attached hydrogens (tertiary/aromatic N) is 4. The number of anilines is 2.